The number of benzene rings is 3. The summed E-state index contributed by atoms with van der Waals surface area (Å²) in [6.45, 7) is 0. The van der Waals surface area contributed by atoms with Crippen molar-refractivity contribution in [2.75, 3.05) is 0 Å². The van der Waals surface area contributed by atoms with Gasteiger partial charge in [0.15, 0.2) is 5.78 Å². The summed E-state index contributed by atoms with van der Waals surface area (Å²) < 4.78 is 14.8. The number of carbonyl (C=O) groups excluding carboxylic acids is 1. The fourth-order valence-electron chi connectivity index (χ4n) is 2.28. The predicted octanol–water partition coefficient (Wildman–Crippen LogP) is 5.63. The fourth-order valence-corrected chi connectivity index (χ4v) is 2.92. The Morgan fingerprint density at radius 1 is 0.952 bits per heavy atom. The molecule has 0 bridgehead atoms. The first kappa shape index (κ1) is 14.2. The van der Waals surface area contributed by atoms with Crippen molar-refractivity contribution in [3.8, 4) is 0 Å². The maximum Gasteiger partial charge on any atom is 0.196 e. The zero-order chi connectivity index (χ0) is 15.0. The van der Waals surface area contributed by atoms with E-state index in [0.29, 0.717) is 5.56 Å². The molecule has 3 rings (SSSR count). The lowest BCUT2D eigenvalue weighted by Gasteiger charge is -2.08. The van der Waals surface area contributed by atoms with Gasteiger partial charge in [-0.25, -0.2) is 4.39 Å². The van der Waals surface area contributed by atoms with Crippen molar-refractivity contribution in [1.82, 2.24) is 0 Å². The van der Waals surface area contributed by atoms with Crippen LogP contribution in [0.25, 0.3) is 10.8 Å². The first-order valence-corrected chi connectivity index (χ1v) is 7.42. The van der Waals surface area contributed by atoms with E-state index in [1.165, 1.54) is 12.1 Å². The highest BCUT2D eigenvalue weighted by atomic mass is 79.9. The predicted molar refractivity (Wildman–Crippen MR) is 86.5 cm³/mol. The van der Waals surface area contributed by atoms with Crippen LogP contribution in [0.15, 0.2) is 59.1 Å². The van der Waals surface area contributed by atoms with Gasteiger partial charge >= 0.3 is 0 Å². The van der Waals surface area contributed by atoms with Crippen LogP contribution in [0.4, 0.5) is 4.39 Å². The van der Waals surface area contributed by atoms with Gasteiger partial charge in [-0.3, -0.25) is 4.79 Å². The number of hydrogen-bond donors (Lipinski definition) is 0. The fraction of sp³-hybridized carbons (Fsp3) is 0. The minimum Gasteiger partial charge on any atom is -0.288 e. The van der Waals surface area contributed by atoms with Gasteiger partial charge in [0.2, 0.25) is 0 Å². The average Bonchev–Trinajstić information content (AvgIpc) is 2.47. The van der Waals surface area contributed by atoms with Gasteiger partial charge in [-0.2, -0.15) is 0 Å². The molecular formula is C17H9BrClFO. The summed E-state index contributed by atoms with van der Waals surface area (Å²) in [5, 5.41) is 1.97. The molecule has 0 aliphatic carbocycles. The van der Waals surface area contributed by atoms with Crippen LogP contribution in [0, 0.1) is 5.82 Å². The largest absolute Gasteiger partial charge is 0.288 e. The van der Waals surface area contributed by atoms with E-state index in [1.54, 1.807) is 12.1 Å². The highest BCUT2D eigenvalue weighted by Crippen LogP contribution is 2.29. The van der Waals surface area contributed by atoms with Crippen LogP contribution in [0.5, 0.6) is 0 Å². The Hall–Kier alpha value is -1.71. The Labute approximate surface area is 134 Å². The highest BCUT2D eigenvalue weighted by Gasteiger charge is 2.17. The molecule has 0 N–H and O–H groups in total. The molecule has 104 valence electrons. The summed E-state index contributed by atoms with van der Waals surface area (Å²) >= 11 is 9.18. The lowest BCUT2D eigenvalue weighted by molar-refractivity contribution is 0.103. The average molecular weight is 364 g/mol. The van der Waals surface area contributed by atoms with Crippen molar-refractivity contribution >= 4 is 44.1 Å². The molecule has 0 atom stereocenters. The Morgan fingerprint density at radius 3 is 2.33 bits per heavy atom. The molecule has 0 radical (unpaired) electrons. The van der Waals surface area contributed by atoms with Crippen LogP contribution >= 0.6 is 27.5 Å². The van der Waals surface area contributed by atoms with Gasteiger partial charge in [-0.15, -0.1) is 0 Å². The molecule has 0 unspecified atom stereocenters. The van der Waals surface area contributed by atoms with Crippen LogP contribution in [0.1, 0.15) is 15.9 Å². The molecule has 0 heterocycles. The Kier molecular flexibility index (Phi) is 3.79. The molecule has 21 heavy (non-hydrogen) atoms. The third kappa shape index (κ3) is 2.59. The molecule has 4 heteroatoms. The number of halogens is 3. The van der Waals surface area contributed by atoms with Crippen LogP contribution < -0.4 is 0 Å². The molecule has 3 aromatic rings. The monoisotopic (exact) mass is 362 g/mol. The summed E-state index contributed by atoms with van der Waals surface area (Å²) in [5.74, 6) is -0.965. The topological polar surface area (TPSA) is 17.1 Å². The number of rotatable bonds is 2. The van der Waals surface area contributed by atoms with Crippen LogP contribution in [-0.2, 0) is 0 Å². The van der Waals surface area contributed by atoms with Gasteiger partial charge in [0, 0.05) is 15.1 Å². The van der Waals surface area contributed by atoms with Gasteiger partial charge in [0.05, 0.1) is 5.56 Å². The second kappa shape index (κ2) is 5.58. The van der Waals surface area contributed by atoms with E-state index < -0.39 is 5.82 Å². The SMILES string of the molecule is O=C(c1ccc(Cl)cc1F)c1ccc(Br)c2ccccc12. The quantitative estimate of drug-likeness (QED) is 0.540. The molecule has 0 aromatic heterocycles. The standard InChI is InChI=1S/C17H9BrClFO/c18-15-8-7-13(11-3-1-2-4-12(11)15)17(21)14-6-5-10(19)9-16(14)20/h1-9H. The summed E-state index contributed by atoms with van der Waals surface area (Å²) in [6.07, 6.45) is 0. The van der Waals surface area contributed by atoms with Crippen LogP contribution in [0.3, 0.4) is 0 Å². The number of fused-ring (bicyclic) bond motifs is 1. The van der Waals surface area contributed by atoms with Gasteiger partial charge in [-0.05, 0) is 41.1 Å². The first-order valence-electron chi connectivity index (χ1n) is 6.25. The Morgan fingerprint density at radius 2 is 1.62 bits per heavy atom. The van der Waals surface area contributed by atoms with Gasteiger partial charge < -0.3 is 0 Å². The second-order valence-corrected chi connectivity index (χ2v) is 5.88. The third-order valence-corrected chi connectivity index (χ3v) is 4.22. The summed E-state index contributed by atoms with van der Waals surface area (Å²) in [5.41, 5.74) is 0.488. The second-order valence-electron chi connectivity index (χ2n) is 4.59. The zero-order valence-electron chi connectivity index (χ0n) is 10.7. The molecular weight excluding hydrogens is 355 g/mol. The lowest BCUT2D eigenvalue weighted by atomic mass is 9.97. The summed E-state index contributed by atoms with van der Waals surface area (Å²) in [4.78, 5) is 12.6. The van der Waals surface area contributed by atoms with Gasteiger partial charge in [-0.1, -0.05) is 51.8 Å². The Bertz CT molecular complexity index is 861. The molecule has 0 saturated carbocycles. The van der Waals surface area contributed by atoms with Crippen molar-refractivity contribution in [3.63, 3.8) is 0 Å². The minimum absolute atomic E-state index is 0.0203. The molecule has 0 aliphatic rings. The summed E-state index contributed by atoms with van der Waals surface area (Å²) in [6, 6.07) is 15.1. The molecule has 0 spiro atoms. The molecule has 0 amide bonds. The lowest BCUT2D eigenvalue weighted by Crippen LogP contribution is -2.05. The van der Waals surface area contributed by atoms with Gasteiger partial charge in [0.25, 0.3) is 0 Å². The third-order valence-electron chi connectivity index (χ3n) is 3.29. The van der Waals surface area contributed by atoms with Crippen molar-refractivity contribution in [2.45, 2.75) is 0 Å². The molecule has 0 saturated heterocycles. The number of ketones is 1. The van der Waals surface area contributed by atoms with Crippen LogP contribution in [-0.4, -0.2) is 5.78 Å². The van der Waals surface area contributed by atoms with E-state index >= 15 is 0 Å². The van der Waals surface area contributed by atoms with E-state index in [2.05, 4.69) is 15.9 Å². The first-order chi connectivity index (χ1) is 10.1. The van der Waals surface area contributed by atoms with E-state index in [9.17, 15) is 9.18 Å². The molecule has 0 aliphatic heterocycles. The maximum atomic E-state index is 14.0. The van der Waals surface area contributed by atoms with Crippen molar-refractivity contribution in [1.29, 1.82) is 0 Å². The Balaban J connectivity index is 2.21. The molecule has 0 fully saturated rings. The number of hydrogen-bond acceptors (Lipinski definition) is 1. The zero-order valence-corrected chi connectivity index (χ0v) is 13.1. The summed E-state index contributed by atoms with van der Waals surface area (Å²) in [7, 11) is 0. The molecule has 1 nitrogen and oxygen atoms in total. The number of carbonyl (C=O) groups is 1. The van der Waals surface area contributed by atoms with E-state index in [-0.39, 0.29) is 16.4 Å². The van der Waals surface area contributed by atoms with Crippen molar-refractivity contribution in [2.24, 2.45) is 0 Å². The smallest absolute Gasteiger partial charge is 0.196 e. The molecule has 3 aromatic carbocycles. The normalized spacial score (nSPS) is 10.8. The van der Waals surface area contributed by atoms with E-state index in [4.69, 9.17) is 11.6 Å². The van der Waals surface area contributed by atoms with E-state index in [1.807, 2.05) is 24.3 Å². The van der Waals surface area contributed by atoms with Gasteiger partial charge in [0.1, 0.15) is 5.82 Å². The van der Waals surface area contributed by atoms with Crippen LogP contribution in [0.2, 0.25) is 5.02 Å². The van der Waals surface area contributed by atoms with Crippen molar-refractivity contribution < 1.29 is 9.18 Å². The van der Waals surface area contributed by atoms with E-state index in [0.717, 1.165) is 21.3 Å². The van der Waals surface area contributed by atoms with Crippen molar-refractivity contribution in [3.05, 3.63) is 81.0 Å². The highest BCUT2D eigenvalue weighted by molar-refractivity contribution is 9.10. The minimum atomic E-state index is -0.612. The maximum absolute atomic E-state index is 14.0.